The van der Waals surface area contributed by atoms with Gasteiger partial charge in [-0.25, -0.2) is 0 Å². The molecule has 1 heterocycles. The number of para-hydroxylation sites is 1. The van der Waals surface area contributed by atoms with E-state index in [0.717, 1.165) is 30.6 Å². The Hall–Kier alpha value is -1.57. The lowest BCUT2D eigenvalue weighted by Gasteiger charge is -2.36. The molecule has 1 amide bonds. The van der Waals surface area contributed by atoms with Crippen molar-refractivity contribution < 1.29 is 4.79 Å². The molecule has 17 heavy (non-hydrogen) atoms. The third kappa shape index (κ3) is 1.88. The zero-order valence-electron chi connectivity index (χ0n) is 9.98. The topological polar surface area (TPSA) is 20.3 Å². The number of rotatable bonds is 1. The molecule has 2 nitrogen and oxygen atoms in total. The largest absolute Gasteiger partial charge is 0.304 e. The number of nitrogens with zero attached hydrogens (tertiary/aromatic N) is 1. The Bertz CT molecular complexity index is 453. The van der Waals surface area contributed by atoms with Crippen molar-refractivity contribution in [1.82, 2.24) is 0 Å². The van der Waals surface area contributed by atoms with Crippen molar-refractivity contribution in [2.75, 3.05) is 11.4 Å². The van der Waals surface area contributed by atoms with Crippen LogP contribution in [0.2, 0.25) is 0 Å². The maximum Gasteiger partial charge on any atom is 0.256 e. The standard InChI is InChI=1S/C15H17NO/c17-15-14(12-7-3-1-4-8-12)11-16(15)13-9-5-2-6-10-13/h2,5-6,9-10H,1,3-4,7-8,11H2. The lowest BCUT2D eigenvalue weighted by Crippen LogP contribution is -2.47. The second-order valence-electron chi connectivity index (χ2n) is 4.87. The van der Waals surface area contributed by atoms with E-state index in [2.05, 4.69) is 0 Å². The predicted octanol–water partition coefficient (Wildman–Crippen LogP) is 3.29. The molecule has 3 rings (SSSR count). The fourth-order valence-electron chi connectivity index (χ4n) is 2.73. The van der Waals surface area contributed by atoms with Crippen LogP contribution in [0.5, 0.6) is 0 Å². The Kier molecular flexibility index (Phi) is 2.71. The van der Waals surface area contributed by atoms with E-state index in [4.69, 9.17) is 0 Å². The molecule has 0 spiro atoms. The fourth-order valence-corrected chi connectivity index (χ4v) is 2.73. The van der Waals surface area contributed by atoms with Gasteiger partial charge in [0, 0.05) is 11.3 Å². The number of β-lactam (4-membered cyclic amide) rings is 1. The normalized spacial score (nSPS) is 20.5. The molecule has 1 saturated heterocycles. The third-order valence-electron chi connectivity index (χ3n) is 3.77. The summed E-state index contributed by atoms with van der Waals surface area (Å²) < 4.78 is 0. The SMILES string of the molecule is O=C1C(=C2CCCCC2)CN1c1ccccc1. The Morgan fingerprint density at radius 3 is 2.29 bits per heavy atom. The average molecular weight is 227 g/mol. The molecule has 1 aliphatic carbocycles. The van der Waals surface area contributed by atoms with Crippen molar-refractivity contribution in [3.63, 3.8) is 0 Å². The highest BCUT2D eigenvalue weighted by molar-refractivity contribution is 6.14. The van der Waals surface area contributed by atoms with Crippen molar-refractivity contribution in [2.24, 2.45) is 0 Å². The summed E-state index contributed by atoms with van der Waals surface area (Å²) in [6.07, 6.45) is 6.13. The van der Waals surface area contributed by atoms with Gasteiger partial charge < -0.3 is 4.90 Å². The molecule has 88 valence electrons. The van der Waals surface area contributed by atoms with Gasteiger partial charge in [-0.05, 0) is 37.8 Å². The summed E-state index contributed by atoms with van der Waals surface area (Å²) in [6, 6.07) is 9.94. The summed E-state index contributed by atoms with van der Waals surface area (Å²) >= 11 is 0. The monoisotopic (exact) mass is 227 g/mol. The molecular weight excluding hydrogens is 210 g/mol. The summed E-state index contributed by atoms with van der Waals surface area (Å²) in [5.41, 5.74) is 3.54. The van der Waals surface area contributed by atoms with Crippen LogP contribution >= 0.6 is 0 Å². The molecule has 0 unspecified atom stereocenters. The molecule has 0 bridgehead atoms. The van der Waals surface area contributed by atoms with Crippen LogP contribution in [0.15, 0.2) is 41.5 Å². The zero-order valence-corrected chi connectivity index (χ0v) is 9.98. The van der Waals surface area contributed by atoms with E-state index in [0.29, 0.717) is 0 Å². The van der Waals surface area contributed by atoms with Gasteiger partial charge in [0.15, 0.2) is 0 Å². The quantitative estimate of drug-likeness (QED) is 0.532. The molecule has 1 saturated carbocycles. The van der Waals surface area contributed by atoms with E-state index in [1.54, 1.807) is 0 Å². The lowest BCUT2D eigenvalue weighted by molar-refractivity contribution is -0.117. The van der Waals surface area contributed by atoms with Crippen molar-refractivity contribution in [2.45, 2.75) is 32.1 Å². The maximum atomic E-state index is 12.1. The first-order chi connectivity index (χ1) is 8.36. The summed E-state index contributed by atoms with van der Waals surface area (Å²) in [5.74, 6) is 0.230. The second kappa shape index (κ2) is 4.36. The number of carbonyl (C=O) groups excluding carboxylic acids is 1. The van der Waals surface area contributed by atoms with Gasteiger partial charge in [0.05, 0.1) is 6.54 Å². The third-order valence-corrected chi connectivity index (χ3v) is 3.77. The summed E-state index contributed by atoms with van der Waals surface area (Å²) in [7, 11) is 0. The number of amides is 1. The van der Waals surface area contributed by atoms with Crippen LogP contribution in [-0.2, 0) is 4.79 Å². The molecule has 1 aliphatic heterocycles. The van der Waals surface area contributed by atoms with E-state index in [9.17, 15) is 4.79 Å². The number of benzene rings is 1. The fraction of sp³-hybridized carbons (Fsp3) is 0.400. The first-order valence-corrected chi connectivity index (χ1v) is 6.44. The molecule has 1 aromatic rings. The van der Waals surface area contributed by atoms with Gasteiger partial charge in [-0.2, -0.15) is 0 Å². The van der Waals surface area contributed by atoms with Crippen molar-refractivity contribution in [3.8, 4) is 0 Å². The van der Waals surface area contributed by atoms with Crippen LogP contribution in [-0.4, -0.2) is 12.5 Å². The van der Waals surface area contributed by atoms with Gasteiger partial charge in [-0.3, -0.25) is 4.79 Å². The number of allylic oxidation sites excluding steroid dienone is 1. The smallest absolute Gasteiger partial charge is 0.256 e. The molecule has 2 aliphatic rings. The molecule has 0 radical (unpaired) electrons. The van der Waals surface area contributed by atoms with Crippen LogP contribution in [0.3, 0.4) is 0 Å². The van der Waals surface area contributed by atoms with Crippen LogP contribution in [0.4, 0.5) is 5.69 Å². The van der Waals surface area contributed by atoms with E-state index >= 15 is 0 Å². The lowest BCUT2D eigenvalue weighted by atomic mass is 9.87. The summed E-state index contributed by atoms with van der Waals surface area (Å²) in [6.45, 7) is 0.818. The Labute approximate surface area is 102 Å². The van der Waals surface area contributed by atoms with Crippen LogP contribution in [0, 0.1) is 0 Å². The van der Waals surface area contributed by atoms with Crippen molar-refractivity contribution >= 4 is 11.6 Å². The maximum absolute atomic E-state index is 12.1. The van der Waals surface area contributed by atoms with Crippen molar-refractivity contribution in [1.29, 1.82) is 0 Å². The molecule has 2 fully saturated rings. The molecule has 1 aromatic carbocycles. The number of hydrogen-bond donors (Lipinski definition) is 0. The highest BCUT2D eigenvalue weighted by Gasteiger charge is 2.34. The van der Waals surface area contributed by atoms with Crippen molar-refractivity contribution in [3.05, 3.63) is 41.5 Å². The van der Waals surface area contributed by atoms with E-state index in [1.165, 1.54) is 24.8 Å². The van der Waals surface area contributed by atoms with E-state index in [-0.39, 0.29) is 5.91 Å². The summed E-state index contributed by atoms with van der Waals surface area (Å²) in [4.78, 5) is 14.0. The average Bonchev–Trinajstić information content (AvgIpc) is 2.40. The van der Waals surface area contributed by atoms with Gasteiger partial charge in [0.2, 0.25) is 0 Å². The molecule has 0 atom stereocenters. The number of carbonyl (C=O) groups is 1. The Morgan fingerprint density at radius 2 is 1.65 bits per heavy atom. The Morgan fingerprint density at radius 1 is 0.941 bits per heavy atom. The minimum absolute atomic E-state index is 0.230. The Balaban J connectivity index is 1.77. The molecule has 2 heteroatoms. The van der Waals surface area contributed by atoms with Gasteiger partial charge >= 0.3 is 0 Å². The molecular formula is C15H17NO. The zero-order chi connectivity index (χ0) is 11.7. The minimum Gasteiger partial charge on any atom is -0.304 e. The highest BCUT2D eigenvalue weighted by Crippen LogP contribution is 2.33. The summed E-state index contributed by atoms with van der Waals surface area (Å²) in [5, 5.41) is 0. The van der Waals surface area contributed by atoms with E-state index in [1.807, 2.05) is 35.2 Å². The van der Waals surface area contributed by atoms with Gasteiger partial charge in [0.1, 0.15) is 0 Å². The highest BCUT2D eigenvalue weighted by atomic mass is 16.2. The number of anilines is 1. The number of hydrogen-bond acceptors (Lipinski definition) is 1. The van der Waals surface area contributed by atoms with Crippen LogP contribution < -0.4 is 4.90 Å². The first-order valence-electron chi connectivity index (χ1n) is 6.44. The minimum atomic E-state index is 0.230. The van der Waals surface area contributed by atoms with Gasteiger partial charge in [-0.1, -0.05) is 30.2 Å². The second-order valence-corrected chi connectivity index (χ2v) is 4.87. The van der Waals surface area contributed by atoms with Gasteiger partial charge in [0.25, 0.3) is 5.91 Å². The van der Waals surface area contributed by atoms with Gasteiger partial charge in [-0.15, -0.1) is 0 Å². The van der Waals surface area contributed by atoms with Crippen LogP contribution in [0.1, 0.15) is 32.1 Å². The predicted molar refractivity (Wildman–Crippen MR) is 68.9 cm³/mol. The van der Waals surface area contributed by atoms with Crippen LogP contribution in [0.25, 0.3) is 0 Å². The molecule has 0 aromatic heterocycles. The first kappa shape index (κ1) is 10.6. The molecule has 0 N–H and O–H groups in total. The van der Waals surface area contributed by atoms with E-state index < -0.39 is 0 Å².